The molecule has 1 amide bonds. The first-order chi connectivity index (χ1) is 16.2. The lowest BCUT2D eigenvalue weighted by atomic mass is 10.0. The van der Waals surface area contributed by atoms with Crippen molar-refractivity contribution in [1.82, 2.24) is 19.7 Å². The number of nitriles is 1. The van der Waals surface area contributed by atoms with Gasteiger partial charge in [0.25, 0.3) is 0 Å². The molecule has 0 bridgehead atoms. The molecule has 6 rings (SSSR count). The quantitative estimate of drug-likeness (QED) is 0.702. The smallest absolute Gasteiger partial charge is 0.226 e. The van der Waals surface area contributed by atoms with Crippen molar-refractivity contribution in [2.24, 2.45) is 11.8 Å². The van der Waals surface area contributed by atoms with E-state index in [9.17, 15) is 15.2 Å². The summed E-state index contributed by atoms with van der Waals surface area (Å²) in [6.07, 6.45) is 10.4. The van der Waals surface area contributed by atoms with Crippen LogP contribution in [0.1, 0.15) is 55.7 Å². The molecule has 4 fully saturated rings. The lowest BCUT2D eigenvalue weighted by Crippen LogP contribution is -2.57. The van der Waals surface area contributed by atoms with Gasteiger partial charge in [0.15, 0.2) is 0 Å². The summed E-state index contributed by atoms with van der Waals surface area (Å²) in [7, 11) is 0. The van der Waals surface area contributed by atoms with Crippen LogP contribution in [0.25, 0.3) is 11.1 Å². The van der Waals surface area contributed by atoms with Gasteiger partial charge in [-0.3, -0.25) is 9.48 Å². The molecule has 33 heavy (non-hydrogen) atoms. The lowest BCUT2D eigenvalue weighted by molar-refractivity contribution is -0.135. The SMILES string of the molecule is N#Cc1cc(-c2cnn(CCO)c2)c(C2CC2)nc1N1CCN(C(=O)C2CC2)[C@H](C2CC2)C1. The molecule has 1 saturated heterocycles. The number of anilines is 1. The highest BCUT2D eigenvalue weighted by molar-refractivity contribution is 5.82. The largest absolute Gasteiger partial charge is 0.394 e. The molecule has 8 nitrogen and oxygen atoms in total. The van der Waals surface area contributed by atoms with Crippen molar-refractivity contribution in [3.8, 4) is 17.2 Å². The van der Waals surface area contributed by atoms with Gasteiger partial charge in [0.1, 0.15) is 11.9 Å². The van der Waals surface area contributed by atoms with Gasteiger partial charge in [-0.05, 0) is 50.5 Å². The highest BCUT2D eigenvalue weighted by atomic mass is 16.3. The maximum Gasteiger partial charge on any atom is 0.226 e. The molecule has 0 spiro atoms. The average Bonchev–Trinajstić information content (AvgIpc) is 3.70. The fourth-order valence-electron chi connectivity index (χ4n) is 5.19. The van der Waals surface area contributed by atoms with Gasteiger partial charge in [-0.25, -0.2) is 4.98 Å². The van der Waals surface area contributed by atoms with Crippen molar-refractivity contribution in [1.29, 1.82) is 5.26 Å². The van der Waals surface area contributed by atoms with Gasteiger partial charge in [0, 0.05) is 48.8 Å². The molecule has 0 radical (unpaired) electrons. The molecule has 1 aliphatic heterocycles. The van der Waals surface area contributed by atoms with Crippen molar-refractivity contribution in [2.45, 2.75) is 57.0 Å². The van der Waals surface area contributed by atoms with Crippen molar-refractivity contribution in [3.63, 3.8) is 0 Å². The van der Waals surface area contributed by atoms with Crippen LogP contribution in [-0.2, 0) is 11.3 Å². The monoisotopic (exact) mass is 446 g/mol. The summed E-state index contributed by atoms with van der Waals surface area (Å²) in [5.41, 5.74) is 3.55. The summed E-state index contributed by atoms with van der Waals surface area (Å²) in [6, 6.07) is 4.60. The van der Waals surface area contributed by atoms with Crippen LogP contribution in [0.5, 0.6) is 0 Å². The van der Waals surface area contributed by atoms with Crippen molar-refractivity contribution < 1.29 is 9.90 Å². The molecule has 3 heterocycles. The van der Waals surface area contributed by atoms with Crippen LogP contribution in [0.2, 0.25) is 0 Å². The molecule has 172 valence electrons. The first-order valence-corrected chi connectivity index (χ1v) is 12.3. The minimum Gasteiger partial charge on any atom is -0.394 e. The van der Waals surface area contributed by atoms with E-state index >= 15 is 0 Å². The Bertz CT molecular complexity index is 1110. The van der Waals surface area contributed by atoms with Gasteiger partial charge >= 0.3 is 0 Å². The second kappa shape index (κ2) is 8.14. The zero-order chi connectivity index (χ0) is 22.5. The summed E-state index contributed by atoms with van der Waals surface area (Å²) in [5, 5.41) is 23.6. The Balaban J connectivity index is 1.32. The second-order valence-corrected chi connectivity index (χ2v) is 10.1. The van der Waals surface area contributed by atoms with E-state index < -0.39 is 0 Å². The molecule has 8 heteroatoms. The number of hydrogen-bond donors (Lipinski definition) is 1. The number of carbonyl (C=O) groups excluding carboxylic acids is 1. The van der Waals surface area contributed by atoms with E-state index in [0.717, 1.165) is 68.0 Å². The molecule has 1 N–H and O–H groups in total. The van der Waals surface area contributed by atoms with E-state index in [4.69, 9.17) is 4.98 Å². The van der Waals surface area contributed by atoms with Crippen LogP contribution in [0.15, 0.2) is 18.5 Å². The minimum absolute atomic E-state index is 0.0363. The molecule has 4 aliphatic rings. The van der Waals surface area contributed by atoms with E-state index in [1.165, 1.54) is 12.8 Å². The summed E-state index contributed by atoms with van der Waals surface area (Å²) >= 11 is 0. The number of nitrogens with zero attached hydrogens (tertiary/aromatic N) is 6. The third-order valence-electron chi connectivity index (χ3n) is 7.48. The van der Waals surface area contributed by atoms with Gasteiger partial charge in [0.2, 0.25) is 5.91 Å². The van der Waals surface area contributed by atoms with E-state index in [-0.39, 0.29) is 18.6 Å². The molecule has 2 aromatic rings. The van der Waals surface area contributed by atoms with Crippen LogP contribution in [0, 0.1) is 23.2 Å². The maximum atomic E-state index is 12.9. The molecule has 1 atom stereocenters. The fraction of sp³-hybridized carbons (Fsp3) is 0.600. The van der Waals surface area contributed by atoms with Gasteiger partial charge in [-0.1, -0.05) is 0 Å². The number of aliphatic hydroxyl groups excluding tert-OH is 1. The zero-order valence-electron chi connectivity index (χ0n) is 18.9. The Morgan fingerprint density at radius 2 is 2.00 bits per heavy atom. The van der Waals surface area contributed by atoms with E-state index in [2.05, 4.69) is 21.0 Å². The Kier molecular flexibility index (Phi) is 5.10. The molecule has 0 unspecified atom stereocenters. The van der Waals surface area contributed by atoms with Gasteiger partial charge in [-0.2, -0.15) is 10.4 Å². The van der Waals surface area contributed by atoms with Gasteiger partial charge in [0.05, 0.1) is 36.6 Å². The summed E-state index contributed by atoms with van der Waals surface area (Å²) in [4.78, 5) is 22.4. The molecule has 2 aromatic heterocycles. The number of pyridine rings is 1. The Labute approximate surface area is 193 Å². The van der Waals surface area contributed by atoms with E-state index in [1.54, 1.807) is 10.9 Å². The van der Waals surface area contributed by atoms with Crippen LogP contribution in [0.3, 0.4) is 0 Å². The third-order valence-corrected chi connectivity index (χ3v) is 7.48. The number of rotatable bonds is 7. The first-order valence-electron chi connectivity index (χ1n) is 12.3. The predicted octanol–water partition coefficient (Wildman–Crippen LogP) is 2.52. The molecule has 3 aliphatic carbocycles. The van der Waals surface area contributed by atoms with Crippen LogP contribution < -0.4 is 4.90 Å². The summed E-state index contributed by atoms with van der Waals surface area (Å²) in [5.74, 6) is 2.37. The van der Waals surface area contributed by atoms with Gasteiger partial charge in [-0.15, -0.1) is 0 Å². The van der Waals surface area contributed by atoms with Crippen LogP contribution in [0.4, 0.5) is 5.82 Å². The number of carbonyl (C=O) groups is 1. The summed E-state index contributed by atoms with van der Waals surface area (Å²) in [6.45, 7) is 2.69. The Morgan fingerprint density at radius 3 is 2.67 bits per heavy atom. The topological polar surface area (TPSA) is 98.3 Å². The minimum atomic E-state index is 0.0363. The molecule has 3 saturated carbocycles. The van der Waals surface area contributed by atoms with Crippen LogP contribution in [-0.4, -0.2) is 63.0 Å². The molecular weight excluding hydrogens is 416 g/mol. The molecule has 0 aromatic carbocycles. The first kappa shape index (κ1) is 20.7. The Morgan fingerprint density at radius 1 is 1.18 bits per heavy atom. The highest BCUT2D eigenvalue weighted by Crippen LogP contribution is 2.45. The fourth-order valence-corrected chi connectivity index (χ4v) is 5.19. The number of aliphatic hydroxyl groups is 1. The number of aromatic nitrogens is 3. The number of piperazine rings is 1. The van der Waals surface area contributed by atoms with Crippen molar-refractivity contribution >= 4 is 11.7 Å². The average molecular weight is 447 g/mol. The van der Waals surface area contributed by atoms with Crippen LogP contribution >= 0.6 is 0 Å². The predicted molar refractivity (Wildman–Crippen MR) is 122 cm³/mol. The Hall–Kier alpha value is -2.92. The summed E-state index contributed by atoms with van der Waals surface area (Å²) < 4.78 is 1.72. The lowest BCUT2D eigenvalue weighted by Gasteiger charge is -2.43. The van der Waals surface area contributed by atoms with Crippen molar-refractivity contribution in [2.75, 3.05) is 31.1 Å². The zero-order valence-corrected chi connectivity index (χ0v) is 18.9. The van der Waals surface area contributed by atoms with E-state index in [0.29, 0.717) is 29.9 Å². The third kappa shape index (κ3) is 3.99. The number of hydrogen-bond acceptors (Lipinski definition) is 6. The van der Waals surface area contributed by atoms with Crippen molar-refractivity contribution in [3.05, 3.63) is 29.7 Å². The number of amides is 1. The van der Waals surface area contributed by atoms with E-state index in [1.807, 2.05) is 12.3 Å². The second-order valence-electron chi connectivity index (χ2n) is 10.1. The standard InChI is InChI=1S/C25H30N6O2/c26-12-19-11-21(20-13-27-30(14-20)9-10-32)23(17-3-4-17)28-24(19)29-7-8-31(25(33)18-5-6-18)22(15-29)16-1-2-16/h11,13-14,16-18,22,32H,1-10,15H2/t22-/m0/s1. The van der Waals surface area contributed by atoms with Gasteiger partial charge < -0.3 is 14.9 Å². The normalized spacial score (nSPS) is 23.0. The molecular formula is C25H30N6O2. The highest BCUT2D eigenvalue weighted by Gasteiger charge is 2.45. The maximum absolute atomic E-state index is 12.9.